The molecular weight excluding hydrogens is 389 g/mol. The van der Waals surface area contributed by atoms with E-state index in [1.807, 2.05) is 18.2 Å². The molecule has 8 heteroatoms. The number of nitrogens with zero attached hydrogens (tertiary/aromatic N) is 2. The van der Waals surface area contributed by atoms with Crippen LogP contribution < -0.4 is 14.8 Å². The van der Waals surface area contributed by atoms with Gasteiger partial charge in [-0.1, -0.05) is 47.5 Å². The number of anilines is 1. The number of methoxy groups -OCH3 is 2. The highest BCUT2D eigenvalue weighted by Crippen LogP contribution is 2.30. The van der Waals surface area contributed by atoms with Crippen LogP contribution in [-0.2, 0) is 6.54 Å². The molecule has 0 spiro atoms. The predicted molar refractivity (Wildman–Crippen MR) is 105 cm³/mol. The highest BCUT2D eigenvalue weighted by atomic mass is 35.5. The zero-order chi connectivity index (χ0) is 19.4. The predicted octanol–water partition coefficient (Wildman–Crippen LogP) is 4.51. The van der Waals surface area contributed by atoms with Crippen molar-refractivity contribution in [1.29, 1.82) is 0 Å². The molecule has 140 valence electrons. The summed E-state index contributed by atoms with van der Waals surface area (Å²) < 4.78 is 12.1. The molecule has 1 amide bonds. The van der Waals surface area contributed by atoms with Crippen LogP contribution in [0.1, 0.15) is 15.9 Å². The van der Waals surface area contributed by atoms with Crippen molar-refractivity contribution in [2.75, 3.05) is 19.5 Å². The average Bonchev–Trinajstić information content (AvgIpc) is 3.01. The van der Waals surface area contributed by atoms with E-state index in [-0.39, 0.29) is 11.4 Å². The van der Waals surface area contributed by atoms with E-state index in [9.17, 15) is 4.79 Å². The summed E-state index contributed by atoms with van der Waals surface area (Å²) in [7, 11) is 2.97. The molecule has 0 aliphatic rings. The van der Waals surface area contributed by atoms with Gasteiger partial charge in [0.25, 0.3) is 5.91 Å². The number of rotatable bonds is 6. The summed E-state index contributed by atoms with van der Waals surface area (Å²) in [6.07, 6.45) is 1.62. The van der Waals surface area contributed by atoms with Crippen molar-refractivity contribution >= 4 is 34.9 Å². The van der Waals surface area contributed by atoms with Gasteiger partial charge in [0, 0.05) is 11.2 Å². The number of aromatic nitrogens is 2. The molecule has 6 nitrogen and oxygen atoms in total. The maximum Gasteiger partial charge on any atom is 0.264 e. The van der Waals surface area contributed by atoms with Gasteiger partial charge in [0.2, 0.25) is 0 Å². The lowest BCUT2D eigenvalue weighted by atomic mass is 10.1. The number of halogens is 2. The number of amides is 1. The molecule has 0 atom stereocenters. The standard InChI is InChI=1S/C19H17Cl2N3O3/c1-26-15-8-5-9-16(27-2)17(15)19(25)22-18-14(21)11-24(23-18)10-12-6-3-4-7-13(12)20/h3-9,11H,10H2,1-2H3,(H,22,23,25). The van der Waals surface area contributed by atoms with Crippen molar-refractivity contribution in [3.63, 3.8) is 0 Å². The minimum Gasteiger partial charge on any atom is -0.496 e. The Bertz CT molecular complexity index is 950. The molecule has 1 aromatic heterocycles. The van der Waals surface area contributed by atoms with Gasteiger partial charge < -0.3 is 14.8 Å². The molecule has 0 aliphatic heterocycles. The number of hydrogen-bond acceptors (Lipinski definition) is 4. The summed E-state index contributed by atoms with van der Waals surface area (Å²) in [5, 5.41) is 7.98. The van der Waals surface area contributed by atoms with Crippen molar-refractivity contribution in [2.45, 2.75) is 6.54 Å². The second kappa shape index (κ2) is 8.33. The van der Waals surface area contributed by atoms with Gasteiger partial charge in [-0.2, -0.15) is 5.10 Å². The van der Waals surface area contributed by atoms with Gasteiger partial charge in [-0.25, -0.2) is 0 Å². The third kappa shape index (κ3) is 4.18. The lowest BCUT2D eigenvalue weighted by Gasteiger charge is -2.12. The molecule has 3 rings (SSSR count). The average molecular weight is 406 g/mol. The van der Waals surface area contributed by atoms with E-state index < -0.39 is 5.91 Å². The molecule has 1 heterocycles. The van der Waals surface area contributed by atoms with Gasteiger partial charge >= 0.3 is 0 Å². The van der Waals surface area contributed by atoms with E-state index in [4.69, 9.17) is 32.7 Å². The second-order valence-corrected chi connectivity index (χ2v) is 6.42. The van der Waals surface area contributed by atoms with Crippen LogP contribution in [0.25, 0.3) is 0 Å². The van der Waals surface area contributed by atoms with Crippen LogP contribution in [0.15, 0.2) is 48.7 Å². The molecule has 0 radical (unpaired) electrons. The maximum absolute atomic E-state index is 12.7. The van der Waals surface area contributed by atoms with E-state index >= 15 is 0 Å². The van der Waals surface area contributed by atoms with Gasteiger partial charge in [0.1, 0.15) is 22.1 Å². The van der Waals surface area contributed by atoms with Crippen molar-refractivity contribution in [2.24, 2.45) is 0 Å². The number of ether oxygens (including phenoxy) is 2. The molecule has 27 heavy (non-hydrogen) atoms. The Balaban J connectivity index is 1.84. The number of nitrogens with one attached hydrogen (secondary N) is 1. The molecule has 0 bridgehead atoms. The van der Waals surface area contributed by atoms with Crippen LogP contribution in [0.5, 0.6) is 11.5 Å². The highest BCUT2D eigenvalue weighted by molar-refractivity contribution is 6.33. The number of hydrogen-bond donors (Lipinski definition) is 1. The van der Waals surface area contributed by atoms with Crippen LogP contribution >= 0.6 is 23.2 Å². The van der Waals surface area contributed by atoms with Crippen molar-refractivity contribution in [1.82, 2.24) is 9.78 Å². The normalized spacial score (nSPS) is 10.5. The molecule has 0 unspecified atom stereocenters. The zero-order valence-corrected chi connectivity index (χ0v) is 16.2. The summed E-state index contributed by atoms with van der Waals surface area (Å²) >= 11 is 12.4. The van der Waals surface area contributed by atoms with Crippen LogP contribution in [0.2, 0.25) is 10.0 Å². The summed E-state index contributed by atoms with van der Waals surface area (Å²) in [5.74, 6) is 0.577. The topological polar surface area (TPSA) is 65.4 Å². The largest absolute Gasteiger partial charge is 0.496 e. The Morgan fingerprint density at radius 2 is 1.70 bits per heavy atom. The first-order chi connectivity index (χ1) is 13.0. The third-order valence-corrected chi connectivity index (χ3v) is 4.54. The Kier molecular flexibility index (Phi) is 5.88. The lowest BCUT2D eigenvalue weighted by molar-refractivity contribution is 0.102. The maximum atomic E-state index is 12.7. The Hall–Kier alpha value is -2.70. The van der Waals surface area contributed by atoms with Crippen LogP contribution in [-0.4, -0.2) is 29.9 Å². The quantitative estimate of drug-likeness (QED) is 0.655. The fraction of sp³-hybridized carbons (Fsp3) is 0.158. The summed E-state index contributed by atoms with van der Waals surface area (Å²) in [5.41, 5.74) is 1.15. The number of carbonyl (C=O) groups is 1. The zero-order valence-electron chi connectivity index (χ0n) is 14.7. The van der Waals surface area contributed by atoms with Gasteiger partial charge in [-0.15, -0.1) is 0 Å². The van der Waals surface area contributed by atoms with Gasteiger partial charge in [0.05, 0.1) is 20.8 Å². The van der Waals surface area contributed by atoms with Crippen molar-refractivity contribution in [3.8, 4) is 11.5 Å². The summed E-state index contributed by atoms with van der Waals surface area (Å²) in [6.45, 7) is 0.424. The first-order valence-electron chi connectivity index (χ1n) is 8.02. The van der Waals surface area contributed by atoms with E-state index in [1.54, 1.807) is 35.1 Å². The summed E-state index contributed by atoms with van der Waals surface area (Å²) in [6, 6.07) is 12.5. The fourth-order valence-electron chi connectivity index (χ4n) is 2.61. The minimum atomic E-state index is -0.436. The minimum absolute atomic E-state index is 0.238. The molecule has 3 aromatic rings. The number of benzene rings is 2. The van der Waals surface area contributed by atoms with Crippen molar-refractivity contribution < 1.29 is 14.3 Å². The van der Waals surface area contributed by atoms with Gasteiger partial charge in [-0.3, -0.25) is 9.48 Å². The smallest absolute Gasteiger partial charge is 0.264 e. The van der Waals surface area contributed by atoms with Gasteiger partial charge in [-0.05, 0) is 23.8 Å². The van der Waals surface area contributed by atoms with Crippen LogP contribution in [0.4, 0.5) is 5.82 Å². The Morgan fingerprint density at radius 1 is 1.04 bits per heavy atom. The molecular formula is C19H17Cl2N3O3. The van der Waals surface area contributed by atoms with Crippen LogP contribution in [0.3, 0.4) is 0 Å². The van der Waals surface area contributed by atoms with E-state index in [2.05, 4.69) is 10.4 Å². The number of carbonyl (C=O) groups excluding carboxylic acids is 1. The Morgan fingerprint density at radius 3 is 2.33 bits per heavy atom. The molecule has 0 aliphatic carbocycles. The lowest BCUT2D eigenvalue weighted by Crippen LogP contribution is -2.15. The van der Waals surface area contributed by atoms with E-state index in [1.165, 1.54) is 14.2 Å². The fourth-order valence-corrected chi connectivity index (χ4v) is 3.00. The molecule has 0 saturated carbocycles. The van der Waals surface area contributed by atoms with E-state index in [0.29, 0.717) is 28.1 Å². The molecule has 1 N–H and O–H groups in total. The van der Waals surface area contributed by atoms with Gasteiger partial charge in [0.15, 0.2) is 5.82 Å². The molecule has 0 saturated heterocycles. The second-order valence-electron chi connectivity index (χ2n) is 5.61. The first-order valence-corrected chi connectivity index (χ1v) is 8.77. The molecule has 0 fully saturated rings. The highest BCUT2D eigenvalue weighted by Gasteiger charge is 2.20. The van der Waals surface area contributed by atoms with E-state index in [0.717, 1.165) is 5.56 Å². The monoisotopic (exact) mass is 405 g/mol. The SMILES string of the molecule is COc1cccc(OC)c1C(=O)Nc1nn(Cc2ccccc2Cl)cc1Cl. The van der Waals surface area contributed by atoms with Crippen molar-refractivity contribution in [3.05, 3.63) is 69.8 Å². The first kappa shape index (κ1) is 19.1. The third-order valence-electron chi connectivity index (χ3n) is 3.89. The van der Waals surface area contributed by atoms with Crippen LogP contribution in [0, 0.1) is 0 Å². The Labute approximate surface area is 166 Å². The molecule has 2 aromatic carbocycles. The summed E-state index contributed by atoms with van der Waals surface area (Å²) in [4.78, 5) is 12.7.